The maximum absolute atomic E-state index is 11.4. The van der Waals surface area contributed by atoms with Gasteiger partial charge in [0.2, 0.25) is 0 Å². The lowest BCUT2D eigenvalue weighted by Gasteiger charge is -2.09. The Morgan fingerprint density at radius 3 is 2.76 bits per heavy atom. The Kier molecular flexibility index (Phi) is 5.49. The van der Waals surface area contributed by atoms with E-state index in [0.29, 0.717) is 12.5 Å². The van der Waals surface area contributed by atoms with Crippen LogP contribution in [-0.4, -0.2) is 26.4 Å². The van der Waals surface area contributed by atoms with E-state index in [-0.39, 0.29) is 6.61 Å². The molecule has 0 spiro atoms. The molecule has 4 heteroatoms. The van der Waals surface area contributed by atoms with Crippen molar-refractivity contribution in [3.8, 4) is 0 Å². The zero-order valence-corrected chi connectivity index (χ0v) is 10.5. The van der Waals surface area contributed by atoms with Crippen molar-refractivity contribution in [3.63, 3.8) is 0 Å². The first-order valence-electron chi connectivity index (χ1n) is 5.66. The smallest absolute Gasteiger partial charge is 0.411 e. The second kappa shape index (κ2) is 6.91. The first-order valence-corrected chi connectivity index (χ1v) is 5.66. The normalized spacial score (nSPS) is 10.4. The van der Waals surface area contributed by atoms with Crippen molar-refractivity contribution >= 4 is 11.8 Å². The second-order valence-electron chi connectivity index (χ2n) is 4.03. The molecule has 1 amide bonds. The molecule has 0 bridgehead atoms. The standard InChI is InChI=1S/C13H19NO3/c1-10(2)11-5-4-6-12(9-11)14-13(15)17-8-7-16-3/h4-6,9-10H,7-8H2,1-3H3,(H,14,15). The number of amides is 1. The minimum atomic E-state index is -0.456. The maximum atomic E-state index is 11.4. The van der Waals surface area contributed by atoms with E-state index in [9.17, 15) is 4.79 Å². The molecule has 1 aromatic carbocycles. The maximum Gasteiger partial charge on any atom is 0.411 e. The zero-order chi connectivity index (χ0) is 12.7. The van der Waals surface area contributed by atoms with Crippen LogP contribution in [0.5, 0.6) is 0 Å². The summed E-state index contributed by atoms with van der Waals surface area (Å²) < 4.78 is 9.70. The van der Waals surface area contributed by atoms with Crippen molar-refractivity contribution in [1.82, 2.24) is 0 Å². The molecule has 0 saturated heterocycles. The molecule has 4 nitrogen and oxygen atoms in total. The average Bonchev–Trinajstić information content (AvgIpc) is 2.29. The summed E-state index contributed by atoms with van der Waals surface area (Å²) in [6.07, 6.45) is -0.456. The minimum Gasteiger partial charge on any atom is -0.447 e. The van der Waals surface area contributed by atoms with Crippen LogP contribution in [0.1, 0.15) is 25.3 Å². The van der Waals surface area contributed by atoms with Gasteiger partial charge in [-0.15, -0.1) is 0 Å². The van der Waals surface area contributed by atoms with E-state index in [1.54, 1.807) is 7.11 Å². The molecule has 0 heterocycles. The third-order valence-electron chi connectivity index (χ3n) is 2.32. The molecular weight excluding hydrogens is 218 g/mol. The Morgan fingerprint density at radius 2 is 2.12 bits per heavy atom. The van der Waals surface area contributed by atoms with Crippen LogP contribution in [0.15, 0.2) is 24.3 Å². The van der Waals surface area contributed by atoms with Crippen molar-refractivity contribution in [1.29, 1.82) is 0 Å². The lowest BCUT2D eigenvalue weighted by molar-refractivity contribution is 0.107. The van der Waals surface area contributed by atoms with Crippen LogP contribution in [0.4, 0.5) is 10.5 Å². The van der Waals surface area contributed by atoms with Gasteiger partial charge < -0.3 is 9.47 Å². The van der Waals surface area contributed by atoms with E-state index in [1.807, 2.05) is 24.3 Å². The number of rotatable bonds is 5. The van der Waals surface area contributed by atoms with Crippen molar-refractivity contribution < 1.29 is 14.3 Å². The summed E-state index contributed by atoms with van der Waals surface area (Å²) >= 11 is 0. The van der Waals surface area contributed by atoms with E-state index in [1.165, 1.54) is 5.56 Å². The molecule has 1 rings (SSSR count). The quantitative estimate of drug-likeness (QED) is 0.801. The first kappa shape index (κ1) is 13.5. The van der Waals surface area contributed by atoms with Crippen molar-refractivity contribution in [2.24, 2.45) is 0 Å². The molecular formula is C13H19NO3. The van der Waals surface area contributed by atoms with Crippen molar-refractivity contribution in [3.05, 3.63) is 29.8 Å². The molecule has 0 aliphatic heterocycles. The second-order valence-corrected chi connectivity index (χ2v) is 4.03. The number of ether oxygens (including phenoxy) is 2. The summed E-state index contributed by atoms with van der Waals surface area (Å²) in [7, 11) is 1.56. The number of methoxy groups -OCH3 is 1. The van der Waals surface area contributed by atoms with Crippen LogP contribution in [-0.2, 0) is 9.47 Å². The fourth-order valence-corrected chi connectivity index (χ4v) is 1.35. The van der Waals surface area contributed by atoms with E-state index < -0.39 is 6.09 Å². The van der Waals surface area contributed by atoms with Gasteiger partial charge >= 0.3 is 6.09 Å². The Hall–Kier alpha value is -1.55. The number of nitrogens with one attached hydrogen (secondary N) is 1. The molecule has 0 fully saturated rings. The Bertz CT molecular complexity index is 363. The molecule has 0 unspecified atom stereocenters. The van der Waals surface area contributed by atoms with Crippen LogP contribution < -0.4 is 5.32 Å². The molecule has 0 radical (unpaired) electrons. The molecule has 1 N–H and O–H groups in total. The van der Waals surface area contributed by atoms with Crippen LogP contribution in [0.2, 0.25) is 0 Å². The van der Waals surface area contributed by atoms with Gasteiger partial charge in [-0.3, -0.25) is 5.32 Å². The van der Waals surface area contributed by atoms with Gasteiger partial charge in [0.15, 0.2) is 0 Å². The highest BCUT2D eigenvalue weighted by molar-refractivity contribution is 5.84. The highest BCUT2D eigenvalue weighted by atomic mass is 16.6. The largest absolute Gasteiger partial charge is 0.447 e. The topological polar surface area (TPSA) is 47.6 Å². The SMILES string of the molecule is COCCOC(=O)Nc1cccc(C(C)C)c1. The highest BCUT2D eigenvalue weighted by Gasteiger charge is 2.04. The van der Waals surface area contributed by atoms with E-state index >= 15 is 0 Å². The molecule has 0 aliphatic carbocycles. The molecule has 17 heavy (non-hydrogen) atoms. The van der Waals surface area contributed by atoms with Crippen molar-refractivity contribution in [2.75, 3.05) is 25.6 Å². The predicted molar refractivity (Wildman–Crippen MR) is 67.4 cm³/mol. The van der Waals surface area contributed by atoms with Crippen LogP contribution in [0, 0.1) is 0 Å². The fraction of sp³-hybridized carbons (Fsp3) is 0.462. The van der Waals surface area contributed by atoms with Gasteiger partial charge in [0.05, 0.1) is 6.61 Å². The molecule has 94 valence electrons. The summed E-state index contributed by atoms with van der Waals surface area (Å²) in [5, 5.41) is 2.68. The first-order chi connectivity index (χ1) is 8.13. The monoisotopic (exact) mass is 237 g/mol. The Labute approximate surface area is 102 Å². The molecule has 0 atom stereocenters. The predicted octanol–water partition coefficient (Wildman–Crippen LogP) is 3.00. The molecule has 0 saturated carbocycles. The third-order valence-corrected chi connectivity index (χ3v) is 2.32. The van der Waals surface area contributed by atoms with Gasteiger partial charge in [0.25, 0.3) is 0 Å². The number of anilines is 1. The number of hydrogen-bond acceptors (Lipinski definition) is 3. The average molecular weight is 237 g/mol. The summed E-state index contributed by atoms with van der Waals surface area (Å²) in [6.45, 7) is 4.87. The number of benzene rings is 1. The number of hydrogen-bond donors (Lipinski definition) is 1. The van der Waals surface area contributed by atoms with Gasteiger partial charge in [0.1, 0.15) is 6.61 Å². The van der Waals surface area contributed by atoms with E-state index in [2.05, 4.69) is 19.2 Å². The number of carbonyl (C=O) groups is 1. The molecule has 1 aromatic rings. The van der Waals surface area contributed by atoms with Crippen molar-refractivity contribution in [2.45, 2.75) is 19.8 Å². The van der Waals surface area contributed by atoms with Gasteiger partial charge in [0, 0.05) is 12.8 Å². The summed E-state index contributed by atoms with van der Waals surface area (Å²) in [5.74, 6) is 0.432. The third kappa shape index (κ3) is 4.87. The van der Waals surface area contributed by atoms with Gasteiger partial charge in [-0.25, -0.2) is 4.79 Å². The summed E-state index contributed by atoms with van der Waals surface area (Å²) in [6, 6.07) is 7.73. The lowest BCUT2D eigenvalue weighted by Crippen LogP contribution is -2.16. The van der Waals surface area contributed by atoms with E-state index in [4.69, 9.17) is 9.47 Å². The minimum absolute atomic E-state index is 0.256. The fourth-order valence-electron chi connectivity index (χ4n) is 1.35. The van der Waals surface area contributed by atoms with Crippen LogP contribution >= 0.6 is 0 Å². The van der Waals surface area contributed by atoms with Gasteiger partial charge in [-0.2, -0.15) is 0 Å². The number of carbonyl (C=O) groups excluding carboxylic acids is 1. The summed E-state index contributed by atoms with van der Waals surface area (Å²) in [4.78, 5) is 11.4. The summed E-state index contributed by atoms with van der Waals surface area (Å²) in [5.41, 5.74) is 1.93. The molecule has 0 aromatic heterocycles. The van der Waals surface area contributed by atoms with Crippen LogP contribution in [0.3, 0.4) is 0 Å². The Morgan fingerprint density at radius 1 is 1.35 bits per heavy atom. The Balaban J connectivity index is 2.50. The molecule has 0 aliphatic rings. The van der Waals surface area contributed by atoms with Gasteiger partial charge in [-0.1, -0.05) is 26.0 Å². The lowest BCUT2D eigenvalue weighted by atomic mass is 10.0. The van der Waals surface area contributed by atoms with E-state index in [0.717, 1.165) is 5.69 Å². The highest BCUT2D eigenvalue weighted by Crippen LogP contribution is 2.18. The van der Waals surface area contributed by atoms with Gasteiger partial charge in [-0.05, 0) is 23.6 Å². The van der Waals surface area contributed by atoms with Crippen LogP contribution in [0.25, 0.3) is 0 Å². The zero-order valence-electron chi connectivity index (χ0n) is 10.5.